The molecule has 0 unspecified atom stereocenters. The quantitative estimate of drug-likeness (QED) is 0.714. The molecule has 0 atom stereocenters. The Morgan fingerprint density at radius 1 is 0.923 bits per heavy atom. The Hall–Kier alpha value is -3.15. The fourth-order valence-corrected chi connectivity index (χ4v) is 2.54. The Morgan fingerprint density at radius 2 is 1.54 bits per heavy atom. The molecule has 0 spiro atoms. The molecule has 2 aromatic rings. The third kappa shape index (κ3) is 4.92. The molecule has 2 aromatic carbocycles. The van der Waals surface area contributed by atoms with Crippen LogP contribution in [-0.2, 0) is 22.6 Å². The average molecular weight is 352 g/mol. The summed E-state index contributed by atoms with van der Waals surface area (Å²) in [6, 6.07) is 13.8. The van der Waals surface area contributed by atoms with Gasteiger partial charge in [-0.25, -0.2) is 0 Å². The maximum absolute atomic E-state index is 12.3. The SMILES string of the molecule is O=C(O)Cc1ccc(NC(=O)c2ccc(CNC(=O)C3CC3)cc2)cc1. The minimum absolute atomic E-state index is 0.0486. The molecule has 1 fully saturated rings. The van der Waals surface area contributed by atoms with Gasteiger partial charge in [-0.05, 0) is 48.2 Å². The Balaban J connectivity index is 1.53. The number of carbonyl (C=O) groups is 3. The van der Waals surface area contributed by atoms with E-state index in [1.54, 1.807) is 36.4 Å². The second-order valence-corrected chi connectivity index (χ2v) is 6.41. The Morgan fingerprint density at radius 3 is 2.12 bits per heavy atom. The van der Waals surface area contributed by atoms with E-state index in [4.69, 9.17) is 5.11 Å². The number of aliphatic carboxylic acids is 1. The zero-order valence-corrected chi connectivity index (χ0v) is 14.2. The van der Waals surface area contributed by atoms with E-state index in [9.17, 15) is 14.4 Å². The Bertz CT molecular complexity index is 809. The Labute approximate surface area is 151 Å². The zero-order chi connectivity index (χ0) is 18.5. The molecule has 1 aliphatic rings. The summed E-state index contributed by atoms with van der Waals surface area (Å²) in [5.74, 6) is -0.861. The summed E-state index contributed by atoms with van der Waals surface area (Å²) in [4.78, 5) is 34.6. The van der Waals surface area contributed by atoms with Crippen molar-refractivity contribution in [2.75, 3.05) is 5.32 Å². The first-order chi connectivity index (χ1) is 12.5. The standard InChI is InChI=1S/C20H20N2O4/c23-18(24)11-13-3-9-17(10-4-13)22-20(26)16-5-1-14(2-6-16)12-21-19(25)15-7-8-15/h1-6,9-10,15H,7-8,11-12H2,(H,21,25)(H,22,26)(H,23,24). The van der Waals surface area contributed by atoms with Crippen molar-refractivity contribution in [2.24, 2.45) is 5.92 Å². The second-order valence-electron chi connectivity index (χ2n) is 6.41. The van der Waals surface area contributed by atoms with E-state index in [0.717, 1.165) is 18.4 Å². The normalized spacial score (nSPS) is 13.1. The highest BCUT2D eigenvalue weighted by Gasteiger charge is 2.29. The van der Waals surface area contributed by atoms with Crippen LogP contribution in [0.5, 0.6) is 0 Å². The van der Waals surface area contributed by atoms with Crippen LogP contribution in [0.1, 0.15) is 34.3 Å². The molecule has 3 N–H and O–H groups in total. The lowest BCUT2D eigenvalue weighted by molar-refractivity contribution is -0.136. The summed E-state index contributed by atoms with van der Waals surface area (Å²) in [5, 5.41) is 14.4. The maximum Gasteiger partial charge on any atom is 0.307 e. The summed E-state index contributed by atoms with van der Waals surface area (Å²) in [6.07, 6.45) is 1.90. The van der Waals surface area contributed by atoms with Gasteiger partial charge in [0.2, 0.25) is 5.91 Å². The number of amides is 2. The van der Waals surface area contributed by atoms with Gasteiger partial charge in [-0.1, -0.05) is 24.3 Å². The third-order valence-electron chi connectivity index (χ3n) is 4.20. The zero-order valence-electron chi connectivity index (χ0n) is 14.2. The highest BCUT2D eigenvalue weighted by molar-refractivity contribution is 6.04. The lowest BCUT2D eigenvalue weighted by atomic mass is 10.1. The number of carboxylic acid groups (broad SMARTS) is 1. The summed E-state index contributed by atoms with van der Waals surface area (Å²) < 4.78 is 0. The average Bonchev–Trinajstić information content (AvgIpc) is 3.46. The molecule has 2 amide bonds. The number of benzene rings is 2. The summed E-state index contributed by atoms with van der Waals surface area (Å²) in [5.41, 5.74) is 2.73. The molecule has 0 radical (unpaired) electrons. The van der Waals surface area contributed by atoms with Gasteiger partial charge in [0.25, 0.3) is 5.91 Å². The van der Waals surface area contributed by atoms with Crippen LogP contribution < -0.4 is 10.6 Å². The van der Waals surface area contributed by atoms with Crippen LogP contribution in [0.15, 0.2) is 48.5 Å². The molecule has 1 saturated carbocycles. The van der Waals surface area contributed by atoms with E-state index in [0.29, 0.717) is 23.4 Å². The number of hydrogen-bond acceptors (Lipinski definition) is 3. The maximum atomic E-state index is 12.3. The van der Waals surface area contributed by atoms with Crippen molar-refractivity contribution in [1.82, 2.24) is 5.32 Å². The van der Waals surface area contributed by atoms with Crippen LogP contribution in [0.4, 0.5) is 5.69 Å². The van der Waals surface area contributed by atoms with Crippen molar-refractivity contribution >= 4 is 23.5 Å². The molecular weight excluding hydrogens is 332 g/mol. The van der Waals surface area contributed by atoms with Crippen LogP contribution in [0.25, 0.3) is 0 Å². The van der Waals surface area contributed by atoms with Gasteiger partial charge in [0.1, 0.15) is 0 Å². The van der Waals surface area contributed by atoms with Crippen LogP contribution >= 0.6 is 0 Å². The molecule has 1 aliphatic carbocycles. The van der Waals surface area contributed by atoms with E-state index in [-0.39, 0.29) is 24.2 Å². The van der Waals surface area contributed by atoms with Crippen molar-refractivity contribution in [3.8, 4) is 0 Å². The van der Waals surface area contributed by atoms with E-state index >= 15 is 0 Å². The number of carboxylic acids is 1. The number of rotatable bonds is 7. The smallest absolute Gasteiger partial charge is 0.307 e. The van der Waals surface area contributed by atoms with Crippen LogP contribution in [0, 0.1) is 5.92 Å². The largest absolute Gasteiger partial charge is 0.481 e. The van der Waals surface area contributed by atoms with Crippen molar-refractivity contribution in [2.45, 2.75) is 25.8 Å². The van der Waals surface area contributed by atoms with Gasteiger partial charge >= 0.3 is 5.97 Å². The van der Waals surface area contributed by atoms with E-state index in [1.807, 2.05) is 12.1 Å². The molecule has 0 bridgehead atoms. The molecule has 3 rings (SSSR count). The predicted octanol–water partition coefficient (Wildman–Crippen LogP) is 2.59. The van der Waals surface area contributed by atoms with Gasteiger partial charge in [-0.2, -0.15) is 0 Å². The molecule has 6 nitrogen and oxygen atoms in total. The van der Waals surface area contributed by atoms with Crippen LogP contribution in [-0.4, -0.2) is 22.9 Å². The van der Waals surface area contributed by atoms with Gasteiger partial charge in [-0.3, -0.25) is 14.4 Å². The summed E-state index contributed by atoms with van der Waals surface area (Å²) >= 11 is 0. The molecule has 6 heteroatoms. The van der Waals surface area contributed by atoms with Gasteiger partial charge in [0.05, 0.1) is 6.42 Å². The molecular formula is C20H20N2O4. The van der Waals surface area contributed by atoms with Gasteiger partial charge in [-0.15, -0.1) is 0 Å². The first kappa shape index (κ1) is 17.7. The second kappa shape index (κ2) is 7.82. The van der Waals surface area contributed by atoms with Crippen molar-refractivity contribution in [3.05, 3.63) is 65.2 Å². The fraction of sp³-hybridized carbons (Fsp3) is 0.250. The highest BCUT2D eigenvalue weighted by atomic mass is 16.4. The first-order valence-electron chi connectivity index (χ1n) is 8.50. The number of anilines is 1. The van der Waals surface area contributed by atoms with E-state index in [2.05, 4.69) is 10.6 Å². The molecule has 0 saturated heterocycles. The van der Waals surface area contributed by atoms with Gasteiger partial charge in [0.15, 0.2) is 0 Å². The van der Waals surface area contributed by atoms with Crippen LogP contribution in [0.2, 0.25) is 0 Å². The minimum Gasteiger partial charge on any atom is -0.481 e. The van der Waals surface area contributed by atoms with E-state index < -0.39 is 5.97 Å². The summed E-state index contributed by atoms with van der Waals surface area (Å²) in [6.45, 7) is 0.461. The van der Waals surface area contributed by atoms with Gasteiger partial charge in [0, 0.05) is 23.7 Å². The first-order valence-corrected chi connectivity index (χ1v) is 8.50. The van der Waals surface area contributed by atoms with Gasteiger partial charge < -0.3 is 15.7 Å². The lowest BCUT2D eigenvalue weighted by Crippen LogP contribution is -2.24. The topological polar surface area (TPSA) is 95.5 Å². The molecule has 0 aliphatic heterocycles. The molecule has 0 aromatic heterocycles. The number of carbonyl (C=O) groups excluding carboxylic acids is 2. The summed E-state index contributed by atoms with van der Waals surface area (Å²) in [7, 11) is 0. The van der Waals surface area contributed by atoms with Crippen LogP contribution in [0.3, 0.4) is 0 Å². The van der Waals surface area contributed by atoms with Crippen molar-refractivity contribution in [3.63, 3.8) is 0 Å². The Kier molecular flexibility index (Phi) is 5.31. The van der Waals surface area contributed by atoms with Crippen molar-refractivity contribution in [1.29, 1.82) is 0 Å². The lowest BCUT2D eigenvalue weighted by Gasteiger charge is -2.08. The monoisotopic (exact) mass is 352 g/mol. The molecule has 0 heterocycles. The third-order valence-corrected chi connectivity index (χ3v) is 4.20. The fourth-order valence-electron chi connectivity index (χ4n) is 2.54. The van der Waals surface area contributed by atoms with E-state index in [1.165, 1.54) is 0 Å². The molecule has 134 valence electrons. The number of hydrogen-bond donors (Lipinski definition) is 3. The molecule has 26 heavy (non-hydrogen) atoms. The minimum atomic E-state index is -0.893. The predicted molar refractivity (Wildman–Crippen MR) is 96.7 cm³/mol. The van der Waals surface area contributed by atoms with Crippen molar-refractivity contribution < 1.29 is 19.5 Å². The number of nitrogens with one attached hydrogen (secondary N) is 2. The highest BCUT2D eigenvalue weighted by Crippen LogP contribution is 2.28.